The Bertz CT molecular complexity index is 698. The van der Waals surface area contributed by atoms with Crippen molar-refractivity contribution in [3.8, 4) is 0 Å². The van der Waals surface area contributed by atoms with Gasteiger partial charge in [0.2, 0.25) is 17.8 Å². The summed E-state index contributed by atoms with van der Waals surface area (Å²) in [6.07, 6.45) is 10.7. The summed E-state index contributed by atoms with van der Waals surface area (Å²) in [5.41, 5.74) is -0.665. The monoisotopic (exact) mass is 505 g/mol. The van der Waals surface area contributed by atoms with Crippen molar-refractivity contribution in [2.75, 3.05) is 41.3 Å². The predicted molar refractivity (Wildman–Crippen MR) is 152 cm³/mol. The molecule has 1 aromatic rings. The third kappa shape index (κ3) is 8.72. The Balaban J connectivity index is 2.44. The fraction of sp³-hybridized carbons (Fsp3) is 0.893. The molecule has 0 unspecified atom stereocenters. The van der Waals surface area contributed by atoms with E-state index >= 15 is 0 Å². The lowest BCUT2D eigenvalue weighted by Gasteiger charge is -2.51. The van der Waals surface area contributed by atoms with Crippen LogP contribution >= 0.6 is 0 Å². The van der Waals surface area contributed by atoms with Gasteiger partial charge in [0.1, 0.15) is 0 Å². The van der Waals surface area contributed by atoms with E-state index in [1.54, 1.807) is 0 Å². The molecule has 1 fully saturated rings. The summed E-state index contributed by atoms with van der Waals surface area (Å²) in [6.45, 7) is 21.2. The highest BCUT2D eigenvalue weighted by atomic mass is 16.5. The Morgan fingerprint density at radius 3 is 1.42 bits per heavy atom. The SMILES string of the molecule is CCCCN(CCCC)c1nc(NC2CC(C)(C)N(O)C(C)(C)C2)nc(N(CCCC)CCCC)n1. The van der Waals surface area contributed by atoms with Crippen LogP contribution in [0, 0.1) is 0 Å². The Morgan fingerprint density at radius 2 is 1.08 bits per heavy atom. The van der Waals surface area contributed by atoms with Crippen LogP contribution in [-0.4, -0.2) is 68.5 Å². The van der Waals surface area contributed by atoms with Gasteiger partial charge in [-0.1, -0.05) is 53.4 Å². The van der Waals surface area contributed by atoms with Gasteiger partial charge < -0.3 is 20.3 Å². The highest BCUT2D eigenvalue weighted by Gasteiger charge is 2.45. The number of aromatic nitrogens is 3. The third-order valence-electron chi connectivity index (χ3n) is 7.28. The molecule has 2 heterocycles. The molecule has 0 bridgehead atoms. The minimum absolute atomic E-state index is 0.168. The van der Waals surface area contributed by atoms with Crippen LogP contribution in [0.5, 0.6) is 0 Å². The number of piperidine rings is 1. The molecule has 0 aromatic carbocycles. The zero-order chi connectivity index (χ0) is 26.8. The van der Waals surface area contributed by atoms with E-state index in [0.717, 1.165) is 102 Å². The van der Waals surface area contributed by atoms with Crippen molar-refractivity contribution in [3.05, 3.63) is 0 Å². The maximum absolute atomic E-state index is 10.8. The lowest BCUT2D eigenvalue weighted by Crippen LogP contribution is -2.61. The van der Waals surface area contributed by atoms with Gasteiger partial charge in [-0.05, 0) is 66.2 Å². The summed E-state index contributed by atoms with van der Waals surface area (Å²) in [6, 6.07) is 0.168. The van der Waals surface area contributed by atoms with Crippen LogP contribution < -0.4 is 15.1 Å². The number of nitrogens with one attached hydrogen (secondary N) is 1. The molecule has 0 atom stereocenters. The van der Waals surface area contributed by atoms with Crippen molar-refractivity contribution in [2.24, 2.45) is 0 Å². The summed E-state index contributed by atoms with van der Waals surface area (Å²) >= 11 is 0. The number of unbranched alkanes of at least 4 members (excludes halogenated alkanes) is 4. The van der Waals surface area contributed by atoms with Crippen LogP contribution in [0.4, 0.5) is 17.8 Å². The van der Waals surface area contributed by atoms with Crippen molar-refractivity contribution >= 4 is 17.8 Å². The largest absolute Gasteiger partial charge is 0.351 e. The average Bonchev–Trinajstić information content (AvgIpc) is 2.82. The molecule has 1 aliphatic heterocycles. The van der Waals surface area contributed by atoms with Crippen LogP contribution in [0.25, 0.3) is 0 Å². The highest BCUT2D eigenvalue weighted by Crippen LogP contribution is 2.37. The second kappa shape index (κ2) is 14.3. The fourth-order valence-electron chi connectivity index (χ4n) is 5.28. The molecular formula is C28H55N7O. The minimum atomic E-state index is -0.333. The van der Waals surface area contributed by atoms with E-state index in [1.165, 1.54) is 5.06 Å². The zero-order valence-corrected chi connectivity index (χ0v) is 24.6. The molecule has 0 spiro atoms. The van der Waals surface area contributed by atoms with Crippen molar-refractivity contribution in [3.63, 3.8) is 0 Å². The van der Waals surface area contributed by atoms with Gasteiger partial charge in [0, 0.05) is 43.3 Å². The van der Waals surface area contributed by atoms with Crippen LogP contribution in [0.1, 0.15) is 120 Å². The molecule has 208 valence electrons. The summed E-state index contributed by atoms with van der Waals surface area (Å²) < 4.78 is 0. The van der Waals surface area contributed by atoms with Gasteiger partial charge in [0.25, 0.3) is 0 Å². The Labute approximate surface area is 221 Å². The van der Waals surface area contributed by atoms with Gasteiger partial charge >= 0.3 is 0 Å². The van der Waals surface area contributed by atoms with Crippen LogP contribution in [-0.2, 0) is 0 Å². The summed E-state index contributed by atoms with van der Waals surface area (Å²) in [7, 11) is 0. The van der Waals surface area contributed by atoms with Gasteiger partial charge in [-0.2, -0.15) is 20.0 Å². The van der Waals surface area contributed by atoms with Gasteiger partial charge in [0.15, 0.2) is 0 Å². The lowest BCUT2D eigenvalue weighted by atomic mass is 9.79. The second-order valence-corrected chi connectivity index (χ2v) is 11.8. The molecule has 1 saturated heterocycles. The predicted octanol–water partition coefficient (Wildman–Crippen LogP) is 6.51. The Kier molecular flexibility index (Phi) is 12.2. The maximum Gasteiger partial charge on any atom is 0.231 e. The molecule has 0 amide bonds. The lowest BCUT2D eigenvalue weighted by molar-refractivity contribution is -0.243. The molecular weight excluding hydrogens is 450 g/mol. The van der Waals surface area contributed by atoms with E-state index in [-0.39, 0.29) is 17.1 Å². The van der Waals surface area contributed by atoms with Crippen LogP contribution in [0.2, 0.25) is 0 Å². The Hall–Kier alpha value is -1.67. The number of nitrogens with zero attached hydrogens (tertiary/aromatic N) is 6. The molecule has 1 aromatic heterocycles. The average molecular weight is 506 g/mol. The molecule has 36 heavy (non-hydrogen) atoms. The zero-order valence-electron chi connectivity index (χ0n) is 24.6. The third-order valence-corrected chi connectivity index (χ3v) is 7.28. The summed E-state index contributed by atoms with van der Waals surface area (Å²) in [5.74, 6) is 2.25. The number of hydrogen-bond acceptors (Lipinski definition) is 8. The van der Waals surface area contributed by atoms with Gasteiger partial charge in [-0.15, -0.1) is 0 Å². The van der Waals surface area contributed by atoms with E-state index in [4.69, 9.17) is 15.0 Å². The van der Waals surface area contributed by atoms with Gasteiger partial charge in [0.05, 0.1) is 0 Å². The number of hydroxylamine groups is 2. The number of rotatable bonds is 16. The maximum atomic E-state index is 10.8. The van der Waals surface area contributed by atoms with Crippen molar-refractivity contribution in [1.29, 1.82) is 0 Å². The van der Waals surface area contributed by atoms with Crippen molar-refractivity contribution in [1.82, 2.24) is 20.0 Å². The molecule has 0 radical (unpaired) electrons. The quantitative estimate of drug-likeness (QED) is 0.263. The van der Waals surface area contributed by atoms with Gasteiger partial charge in [-0.3, -0.25) is 0 Å². The molecule has 2 rings (SSSR count). The standard InChI is InChI=1S/C28H55N7O/c1-9-13-17-33(18-14-10-2)25-30-24(29-23-21-27(5,6)35(36)28(7,8)22-23)31-26(32-25)34(19-15-11-3)20-16-12-4/h23,36H,9-22H2,1-8H3,(H,29,30,31,32). The van der Waals surface area contributed by atoms with Gasteiger partial charge in [-0.25, -0.2) is 0 Å². The molecule has 8 nitrogen and oxygen atoms in total. The summed E-state index contributed by atoms with van der Waals surface area (Å²) in [5, 5.41) is 16.0. The fourth-order valence-corrected chi connectivity index (χ4v) is 5.28. The van der Waals surface area contributed by atoms with Crippen LogP contribution in [0.15, 0.2) is 0 Å². The first-order chi connectivity index (χ1) is 17.1. The second-order valence-electron chi connectivity index (χ2n) is 11.8. The van der Waals surface area contributed by atoms with Crippen molar-refractivity contribution in [2.45, 2.75) is 137 Å². The topological polar surface area (TPSA) is 80.7 Å². The molecule has 0 saturated carbocycles. The molecule has 2 N–H and O–H groups in total. The number of anilines is 3. The van der Waals surface area contributed by atoms with E-state index in [0.29, 0.717) is 5.95 Å². The molecule has 1 aliphatic rings. The van der Waals surface area contributed by atoms with E-state index in [9.17, 15) is 5.21 Å². The summed E-state index contributed by atoms with van der Waals surface area (Å²) in [4.78, 5) is 19.7. The first kappa shape index (κ1) is 30.6. The first-order valence-corrected chi connectivity index (χ1v) is 14.6. The molecule has 8 heteroatoms. The van der Waals surface area contributed by atoms with E-state index in [2.05, 4.69) is 70.5 Å². The van der Waals surface area contributed by atoms with E-state index < -0.39 is 0 Å². The normalized spacial score (nSPS) is 17.8. The van der Waals surface area contributed by atoms with Crippen LogP contribution in [0.3, 0.4) is 0 Å². The smallest absolute Gasteiger partial charge is 0.231 e. The highest BCUT2D eigenvalue weighted by molar-refractivity contribution is 5.46. The van der Waals surface area contributed by atoms with Crippen molar-refractivity contribution < 1.29 is 5.21 Å². The first-order valence-electron chi connectivity index (χ1n) is 14.6. The Morgan fingerprint density at radius 1 is 0.722 bits per heavy atom. The minimum Gasteiger partial charge on any atom is -0.351 e. The number of hydrogen-bond donors (Lipinski definition) is 2. The van der Waals surface area contributed by atoms with E-state index in [1.807, 2.05) is 0 Å². The molecule has 0 aliphatic carbocycles.